The summed E-state index contributed by atoms with van der Waals surface area (Å²) in [4.78, 5) is 17.1. The maximum Gasteiger partial charge on any atom is 0.324 e. The van der Waals surface area contributed by atoms with Crippen LogP contribution in [0.3, 0.4) is 0 Å². The van der Waals surface area contributed by atoms with Crippen molar-refractivity contribution in [2.24, 2.45) is 11.7 Å². The number of benzene rings is 1. The zero-order valence-corrected chi connectivity index (χ0v) is 20.0. The number of nitrogens with two attached hydrogens (primary N) is 1. The third kappa shape index (κ3) is 5.39. The number of methoxy groups -OCH3 is 1. The van der Waals surface area contributed by atoms with E-state index in [4.69, 9.17) is 19.7 Å². The van der Waals surface area contributed by atoms with E-state index < -0.39 is 11.6 Å². The lowest BCUT2D eigenvalue weighted by molar-refractivity contribution is 0.174. The highest BCUT2D eigenvalue weighted by molar-refractivity contribution is 5.39. The van der Waals surface area contributed by atoms with Gasteiger partial charge in [0, 0.05) is 45.2 Å². The van der Waals surface area contributed by atoms with Crippen molar-refractivity contribution in [1.29, 1.82) is 0 Å². The Hall–Kier alpha value is -3.38. The van der Waals surface area contributed by atoms with Crippen LogP contribution in [-0.2, 0) is 11.3 Å². The van der Waals surface area contributed by atoms with Crippen LogP contribution in [0.1, 0.15) is 30.1 Å². The molecular formula is C24H29F2N7O3. The highest BCUT2D eigenvalue weighted by atomic mass is 19.1. The minimum Gasteiger partial charge on any atom is -0.490 e. The van der Waals surface area contributed by atoms with Crippen LogP contribution in [0.4, 0.5) is 20.7 Å². The second-order valence-electron chi connectivity index (χ2n) is 9.23. The van der Waals surface area contributed by atoms with Gasteiger partial charge >= 0.3 is 6.01 Å². The Bertz CT molecular complexity index is 1150. The Morgan fingerprint density at radius 2 is 1.89 bits per heavy atom. The number of anilines is 2. The molecule has 2 unspecified atom stereocenters. The van der Waals surface area contributed by atoms with Crippen LogP contribution >= 0.6 is 0 Å². The van der Waals surface area contributed by atoms with E-state index >= 15 is 0 Å². The summed E-state index contributed by atoms with van der Waals surface area (Å²) >= 11 is 0. The van der Waals surface area contributed by atoms with Crippen molar-refractivity contribution >= 4 is 12.0 Å². The normalized spacial score (nSPS) is 20.8. The molecule has 0 aliphatic carbocycles. The molecule has 5 rings (SSSR count). The Morgan fingerprint density at radius 1 is 1.11 bits per heavy atom. The maximum atomic E-state index is 14.2. The minimum atomic E-state index is -0.480. The van der Waals surface area contributed by atoms with Gasteiger partial charge in [-0.3, -0.25) is 0 Å². The highest BCUT2D eigenvalue weighted by Crippen LogP contribution is 2.31. The first-order chi connectivity index (χ1) is 17.5. The third-order valence-corrected chi connectivity index (χ3v) is 6.72. The lowest BCUT2D eigenvalue weighted by Crippen LogP contribution is -2.35. The first-order valence-electron chi connectivity index (χ1n) is 12.0. The molecular weight excluding hydrogens is 472 g/mol. The van der Waals surface area contributed by atoms with Crippen LogP contribution < -0.4 is 20.3 Å². The van der Waals surface area contributed by atoms with Gasteiger partial charge in [-0.05, 0) is 42.5 Å². The van der Waals surface area contributed by atoms with Gasteiger partial charge in [-0.15, -0.1) is 0 Å². The summed E-state index contributed by atoms with van der Waals surface area (Å²) in [6, 6.07) is 3.62. The summed E-state index contributed by atoms with van der Waals surface area (Å²) in [5.41, 5.74) is 6.53. The zero-order valence-electron chi connectivity index (χ0n) is 20.0. The molecule has 2 aliphatic rings. The van der Waals surface area contributed by atoms with E-state index in [1.165, 1.54) is 6.07 Å². The Balaban J connectivity index is 1.11. The topological polar surface area (TPSA) is 116 Å². The minimum absolute atomic E-state index is 0.283. The number of ether oxygens (including phenoxy) is 2. The summed E-state index contributed by atoms with van der Waals surface area (Å²) in [5.74, 6) is 0.712. The molecule has 192 valence electrons. The van der Waals surface area contributed by atoms with Crippen molar-refractivity contribution in [3.8, 4) is 5.75 Å². The van der Waals surface area contributed by atoms with Crippen molar-refractivity contribution in [1.82, 2.24) is 20.1 Å². The summed E-state index contributed by atoms with van der Waals surface area (Å²) < 4.78 is 44.2. The van der Waals surface area contributed by atoms with Crippen LogP contribution in [0, 0.1) is 17.6 Å². The van der Waals surface area contributed by atoms with Crippen LogP contribution in [0.15, 0.2) is 35.1 Å². The van der Waals surface area contributed by atoms with Gasteiger partial charge in [0.2, 0.25) is 5.95 Å². The highest BCUT2D eigenvalue weighted by Gasteiger charge is 2.34. The van der Waals surface area contributed by atoms with E-state index in [1.807, 2.05) is 4.90 Å². The van der Waals surface area contributed by atoms with Crippen LogP contribution in [-0.4, -0.2) is 66.0 Å². The number of piperidine rings is 1. The number of hydrogen-bond donors (Lipinski definition) is 1. The molecule has 12 heteroatoms. The molecule has 0 amide bonds. The zero-order chi connectivity index (χ0) is 25.1. The summed E-state index contributed by atoms with van der Waals surface area (Å²) in [6.07, 6.45) is 5.14. The lowest BCUT2D eigenvalue weighted by Gasteiger charge is -2.30. The predicted octanol–water partition coefficient (Wildman–Crippen LogP) is 2.51. The maximum absolute atomic E-state index is 14.2. The molecule has 0 radical (unpaired) electrons. The summed E-state index contributed by atoms with van der Waals surface area (Å²) in [7, 11) is 1.59. The van der Waals surface area contributed by atoms with E-state index in [2.05, 4.69) is 25.0 Å². The Labute approximate surface area is 207 Å². The smallest absolute Gasteiger partial charge is 0.324 e. The van der Waals surface area contributed by atoms with E-state index in [-0.39, 0.29) is 17.5 Å². The average Bonchev–Trinajstić information content (AvgIpc) is 3.52. The standard InChI is InChI=1S/C24H29F2N7O3/c1-34-14-22-30-24(36-31-22)32-6-4-15(5-7-32)13-35-17-9-28-23(29-10-17)33-11-19(21(27)12-33)18-8-16(25)2-3-20(18)26/h2-3,8-10,15,19,21H,4-7,11-14,27H2,1H3. The lowest BCUT2D eigenvalue weighted by atomic mass is 9.94. The fourth-order valence-electron chi connectivity index (χ4n) is 4.73. The average molecular weight is 502 g/mol. The van der Waals surface area contributed by atoms with Crippen molar-refractivity contribution in [2.45, 2.75) is 31.4 Å². The molecule has 0 bridgehead atoms. The quantitative estimate of drug-likeness (QED) is 0.494. The van der Waals surface area contributed by atoms with Crippen molar-refractivity contribution in [3.63, 3.8) is 0 Å². The van der Waals surface area contributed by atoms with Gasteiger partial charge in [-0.1, -0.05) is 5.16 Å². The van der Waals surface area contributed by atoms with E-state index in [0.717, 1.165) is 38.1 Å². The molecule has 2 aromatic heterocycles. The van der Waals surface area contributed by atoms with Crippen molar-refractivity contribution < 1.29 is 22.8 Å². The number of hydrogen-bond acceptors (Lipinski definition) is 10. The predicted molar refractivity (Wildman–Crippen MR) is 127 cm³/mol. The first kappa shape index (κ1) is 24.3. The largest absolute Gasteiger partial charge is 0.490 e. The van der Waals surface area contributed by atoms with Gasteiger partial charge in [0.25, 0.3) is 0 Å². The van der Waals surface area contributed by atoms with Gasteiger partial charge < -0.3 is 29.5 Å². The number of aromatic nitrogens is 4. The molecule has 3 aromatic rings. The number of halogens is 2. The van der Waals surface area contributed by atoms with E-state index in [1.54, 1.807) is 19.5 Å². The molecule has 4 heterocycles. The van der Waals surface area contributed by atoms with Crippen LogP contribution in [0.5, 0.6) is 5.75 Å². The Morgan fingerprint density at radius 3 is 2.64 bits per heavy atom. The fraction of sp³-hybridized carbons (Fsp3) is 0.500. The molecule has 10 nitrogen and oxygen atoms in total. The molecule has 0 spiro atoms. The second-order valence-corrected chi connectivity index (χ2v) is 9.23. The van der Waals surface area contributed by atoms with Gasteiger partial charge in [0.1, 0.15) is 18.2 Å². The Kier molecular flexibility index (Phi) is 7.23. The number of nitrogens with zero attached hydrogens (tertiary/aromatic N) is 6. The third-order valence-electron chi connectivity index (χ3n) is 6.72. The molecule has 2 saturated heterocycles. The van der Waals surface area contributed by atoms with E-state index in [0.29, 0.717) is 55.8 Å². The molecule has 1 aromatic carbocycles. The van der Waals surface area contributed by atoms with Gasteiger partial charge in [-0.2, -0.15) is 4.98 Å². The fourth-order valence-corrected chi connectivity index (χ4v) is 4.73. The van der Waals surface area contributed by atoms with Gasteiger partial charge in [-0.25, -0.2) is 18.7 Å². The van der Waals surface area contributed by atoms with E-state index in [9.17, 15) is 8.78 Å². The van der Waals surface area contributed by atoms with Gasteiger partial charge in [0.15, 0.2) is 11.6 Å². The monoisotopic (exact) mass is 501 g/mol. The molecule has 0 saturated carbocycles. The second kappa shape index (κ2) is 10.7. The van der Waals surface area contributed by atoms with Crippen molar-refractivity contribution in [2.75, 3.05) is 49.7 Å². The molecule has 2 atom stereocenters. The molecule has 2 N–H and O–H groups in total. The summed E-state index contributed by atoms with van der Waals surface area (Å²) in [5, 5.41) is 3.91. The first-order valence-corrected chi connectivity index (χ1v) is 12.0. The van der Waals surface area contributed by atoms with Gasteiger partial charge in [0.05, 0.1) is 19.0 Å². The number of rotatable bonds is 8. The van der Waals surface area contributed by atoms with Crippen LogP contribution in [0.25, 0.3) is 0 Å². The molecule has 2 fully saturated rings. The molecule has 2 aliphatic heterocycles. The SMILES string of the molecule is COCc1noc(N2CCC(COc3cnc(N4CC(N)C(c5cc(F)ccc5F)C4)nc3)CC2)n1. The van der Waals surface area contributed by atoms with Crippen LogP contribution in [0.2, 0.25) is 0 Å². The molecule has 36 heavy (non-hydrogen) atoms. The van der Waals surface area contributed by atoms with Crippen molar-refractivity contribution in [3.05, 3.63) is 53.6 Å². The summed E-state index contributed by atoms with van der Waals surface area (Å²) in [6.45, 7) is 3.36.